The molecule has 0 aromatic rings. The molecular weight excluding hydrogens is 148 g/mol. The van der Waals surface area contributed by atoms with Gasteiger partial charge in [0.15, 0.2) is 0 Å². The van der Waals surface area contributed by atoms with Gasteiger partial charge in [-0.3, -0.25) is 0 Å². The van der Waals surface area contributed by atoms with Gasteiger partial charge in [0.25, 0.3) is 0 Å². The Labute approximate surface area is 52.8 Å². The van der Waals surface area contributed by atoms with E-state index in [9.17, 15) is 8.42 Å². The van der Waals surface area contributed by atoms with Crippen LogP contribution >= 0.6 is 0 Å². The smallest absolute Gasteiger partial charge is 0.349 e. The summed E-state index contributed by atoms with van der Waals surface area (Å²) >= 11 is 0. The summed E-state index contributed by atoms with van der Waals surface area (Å²) in [5.41, 5.74) is 1.91. The second-order valence-electron chi connectivity index (χ2n) is 1.19. The van der Waals surface area contributed by atoms with Gasteiger partial charge in [0, 0.05) is 6.54 Å². The van der Waals surface area contributed by atoms with Crippen molar-refractivity contribution in [1.82, 2.24) is 5.48 Å². The van der Waals surface area contributed by atoms with Gasteiger partial charge in [0.1, 0.15) is 0 Å². The maximum absolute atomic E-state index is 9.92. The molecular formula is C2H8N2O4S. The van der Waals surface area contributed by atoms with Gasteiger partial charge in [-0.05, 0) is 0 Å². The summed E-state index contributed by atoms with van der Waals surface area (Å²) in [4.78, 5) is 0. The minimum Gasteiger partial charge on any atom is -0.395 e. The maximum Gasteiger partial charge on any atom is 0.349 e. The highest BCUT2D eigenvalue weighted by Crippen LogP contribution is 1.72. The van der Waals surface area contributed by atoms with Crippen LogP contribution in [0.5, 0.6) is 0 Å². The third-order valence-corrected chi connectivity index (χ3v) is 0.739. The van der Waals surface area contributed by atoms with Crippen LogP contribution in [0.2, 0.25) is 0 Å². The summed E-state index contributed by atoms with van der Waals surface area (Å²) in [6, 6.07) is 0. The van der Waals surface area contributed by atoms with Crippen molar-refractivity contribution in [3.8, 4) is 0 Å². The number of aliphatic hydroxyl groups is 1. The lowest BCUT2D eigenvalue weighted by molar-refractivity contribution is 0.171. The summed E-state index contributed by atoms with van der Waals surface area (Å²) in [7, 11) is -3.92. The monoisotopic (exact) mass is 156 g/mol. The van der Waals surface area contributed by atoms with Gasteiger partial charge >= 0.3 is 10.3 Å². The summed E-state index contributed by atoms with van der Waals surface area (Å²) in [6.45, 7) is -0.189. The Balaban J connectivity index is 3.30. The van der Waals surface area contributed by atoms with Gasteiger partial charge in [-0.25, -0.2) is 5.14 Å². The highest BCUT2D eigenvalue weighted by atomic mass is 32.2. The zero-order valence-corrected chi connectivity index (χ0v) is 5.39. The molecule has 0 aromatic heterocycles. The van der Waals surface area contributed by atoms with Crippen molar-refractivity contribution in [1.29, 1.82) is 0 Å². The van der Waals surface area contributed by atoms with Crippen LogP contribution in [0, 0.1) is 0 Å². The normalized spacial score (nSPS) is 11.8. The van der Waals surface area contributed by atoms with Gasteiger partial charge < -0.3 is 5.11 Å². The van der Waals surface area contributed by atoms with E-state index < -0.39 is 10.3 Å². The molecule has 7 heteroatoms. The first-order chi connectivity index (χ1) is 4.06. The Kier molecular flexibility index (Phi) is 3.66. The van der Waals surface area contributed by atoms with E-state index in [4.69, 9.17) is 5.11 Å². The molecule has 9 heavy (non-hydrogen) atoms. The molecule has 4 N–H and O–H groups in total. The second-order valence-corrected chi connectivity index (χ2v) is 2.35. The SMILES string of the molecule is NS(=O)(=O)ONCCO. The Morgan fingerprint density at radius 3 is 2.56 bits per heavy atom. The first-order valence-corrected chi connectivity index (χ1v) is 3.58. The Morgan fingerprint density at radius 1 is 1.67 bits per heavy atom. The third kappa shape index (κ3) is 7.79. The van der Waals surface area contributed by atoms with Crippen molar-refractivity contribution >= 4 is 10.3 Å². The van der Waals surface area contributed by atoms with Crippen molar-refractivity contribution in [3.63, 3.8) is 0 Å². The van der Waals surface area contributed by atoms with E-state index >= 15 is 0 Å². The fourth-order valence-electron chi connectivity index (χ4n) is 0.169. The zero-order chi connectivity index (χ0) is 7.33. The van der Waals surface area contributed by atoms with Crippen LogP contribution in [0.4, 0.5) is 0 Å². The summed E-state index contributed by atoms with van der Waals surface area (Å²) in [5, 5.41) is 12.5. The molecule has 0 aromatic carbocycles. The summed E-state index contributed by atoms with van der Waals surface area (Å²) < 4.78 is 23.6. The van der Waals surface area contributed by atoms with Crippen LogP contribution in [0.15, 0.2) is 0 Å². The first kappa shape index (κ1) is 8.79. The van der Waals surface area contributed by atoms with Crippen LogP contribution in [0.25, 0.3) is 0 Å². The largest absolute Gasteiger partial charge is 0.395 e. The van der Waals surface area contributed by atoms with Gasteiger partial charge in [-0.1, -0.05) is 0 Å². The standard InChI is InChI=1S/C2H8N2O4S/c3-9(6,7)8-4-1-2-5/h4-5H,1-2H2,(H2,3,6,7). The summed E-state index contributed by atoms with van der Waals surface area (Å²) in [6.07, 6.45) is 0. The van der Waals surface area contributed by atoms with Gasteiger partial charge in [0.05, 0.1) is 6.61 Å². The van der Waals surface area contributed by atoms with E-state index in [2.05, 4.69) is 9.42 Å². The average Bonchev–Trinajstić information content (AvgIpc) is 1.63. The number of nitrogens with one attached hydrogen (secondary N) is 1. The number of hydroxylamine groups is 1. The van der Waals surface area contributed by atoms with Crippen molar-refractivity contribution in [3.05, 3.63) is 0 Å². The third-order valence-electron chi connectivity index (χ3n) is 0.389. The molecule has 0 aliphatic heterocycles. The second kappa shape index (κ2) is 3.75. The molecule has 0 atom stereocenters. The minimum atomic E-state index is -3.92. The Hall–Kier alpha value is -0.210. The predicted octanol–water partition coefficient (Wildman–Crippen LogP) is -2.30. The molecule has 56 valence electrons. The van der Waals surface area contributed by atoms with E-state index in [0.717, 1.165) is 0 Å². The maximum atomic E-state index is 9.92. The number of aliphatic hydroxyl groups excluding tert-OH is 1. The van der Waals surface area contributed by atoms with Crippen LogP contribution in [0.1, 0.15) is 0 Å². The summed E-state index contributed by atoms with van der Waals surface area (Å²) in [5.74, 6) is 0. The molecule has 0 amide bonds. The Morgan fingerprint density at radius 2 is 2.22 bits per heavy atom. The average molecular weight is 156 g/mol. The molecule has 0 unspecified atom stereocenters. The van der Waals surface area contributed by atoms with Crippen LogP contribution in [0.3, 0.4) is 0 Å². The van der Waals surface area contributed by atoms with E-state index in [0.29, 0.717) is 0 Å². The van der Waals surface area contributed by atoms with Crippen molar-refractivity contribution in [2.45, 2.75) is 0 Å². The molecule has 0 bridgehead atoms. The quantitative estimate of drug-likeness (QED) is 0.314. The zero-order valence-electron chi connectivity index (χ0n) is 4.57. The van der Waals surface area contributed by atoms with Crippen LogP contribution < -0.4 is 10.6 Å². The van der Waals surface area contributed by atoms with Crippen molar-refractivity contribution < 1.29 is 17.8 Å². The minimum absolute atomic E-state index is 0.0242. The van der Waals surface area contributed by atoms with E-state index in [1.165, 1.54) is 0 Å². The molecule has 0 rings (SSSR count). The van der Waals surface area contributed by atoms with Gasteiger partial charge in [0.2, 0.25) is 0 Å². The number of rotatable bonds is 4. The van der Waals surface area contributed by atoms with Gasteiger partial charge in [-0.2, -0.15) is 18.2 Å². The molecule has 0 fully saturated rings. The lowest BCUT2D eigenvalue weighted by Gasteiger charge is -1.97. The molecule has 0 aliphatic carbocycles. The van der Waals surface area contributed by atoms with Crippen molar-refractivity contribution in [2.75, 3.05) is 13.2 Å². The van der Waals surface area contributed by atoms with Gasteiger partial charge in [-0.15, -0.1) is 0 Å². The molecule has 6 nitrogen and oxygen atoms in total. The lowest BCUT2D eigenvalue weighted by Crippen LogP contribution is -2.27. The topological polar surface area (TPSA) is 102 Å². The van der Waals surface area contributed by atoms with E-state index in [1.807, 2.05) is 5.48 Å². The first-order valence-electron chi connectivity index (χ1n) is 2.11. The fraction of sp³-hybridized carbons (Fsp3) is 1.00. The Bertz CT molecular complexity index is 152. The van der Waals surface area contributed by atoms with E-state index in [1.54, 1.807) is 0 Å². The molecule has 0 spiro atoms. The molecule has 0 aliphatic rings. The van der Waals surface area contributed by atoms with Crippen molar-refractivity contribution in [2.24, 2.45) is 5.14 Å². The molecule has 0 radical (unpaired) electrons. The number of hydrogen-bond acceptors (Lipinski definition) is 5. The van der Waals surface area contributed by atoms with Crippen LogP contribution in [-0.2, 0) is 14.6 Å². The fourth-order valence-corrected chi connectivity index (χ4v) is 0.417. The highest BCUT2D eigenvalue weighted by molar-refractivity contribution is 7.84. The highest BCUT2D eigenvalue weighted by Gasteiger charge is 1.98. The molecule has 0 saturated heterocycles. The van der Waals surface area contributed by atoms with Crippen LogP contribution in [-0.4, -0.2) is 26.7 Å². The number of nitrogens with two attached hydrogens (primary N) is 1. The molecule has 0 saturated carbocycles. The predicted molar refractivity (Wildman–Crippen MR) is 29.3 cm³/mol. The molecule has 0 heterocycles. The lowest BCUT2D eigenvalue weighted by atomic mass is 10.8. The number of hydrogen-bond donors (Lipinski definition) is 3. The van der Waals surface area contributed by atoms with E-state index in [-0.39, 0.29) is 13.2 Å².